The minimum atomic E-state index is -4.59. The summed E-state index contributed by atoms with van der Waals surface area (Å²) in [5.74, 6) is 4.89. The number of ether oxygens (including phenoxy) is 8. The van der Waals surface area contributed by atoms with Gasteiger partial charge in [0.1, 0.15) is 67.3 Å². The van der Waals surface area contributed by atoms with E-state index < -0.39 is 35.6 Å². The van der Waals surface area contributed by atoms with Gasteiger partial charge in [-0.3, -0.25) is 24.9 Å². The summed E-state index contributed by atoms with van der Waals surface area (Å²) < 4.78 is 171. The van der Waals surface area contributed by atoms with Crippen molar-refractivity contribution in [1.82, 2.24) is 85.0 Å². The van der Waals surface area contributed by atoms with E-state index in [0.29, 0.717) is 114 Å². The number of nitrogens with one attached hydrogen (secondary N) is 2. The van der Waals surface area contributed by atoms with Gasteiger partial charge < -0.3 is 79.6 Å². The van der Waals surface area contributed by atoms with E-state index in [2.05, 4.69) is 112 Å². The van der Waals surface area contributed by atoms with Crippen molar-refractivity contribution in [3.05, 3.63) is 183 Å². The van der Waals surface area contributed by atoms with Crippen molar-refractivity contribution >= 4 is 114 Å². The van der Waals surface area contributed by atoms with Crippen molar-refractivity contribution < 1.29 is 77.4 Å². The highest BCUT2D eigenvalue weighted by atomic mass is 127. The van der Waals surface area contributed by atoms with Crippen LogP contribution in [0.15, 0.2) is 158 Å². The quantitative estimate of drug-likeness (QED) is 0.0458. The largest absolute Gasteiger partial charge is 0.497 e. The lowest BCUT2D eigenvalue weighted by Gasteiger charge is -2.42. The van der Waals surface area contributed by atoms with E-state index in [1.165, 1.54) is 47.5 Å². The average molecular weight is 2160 g/mol. The van der Waals surface area contributed by atoms with Crippen LogP contribution in [0.4, 0.5) is 62.8 Å². The van der Waals surface area contributed by atoms with Crippen LogP contribution in [0.1, 0.15) is 153 Å². The number of alkyl halides is 9. The fourth-order valence-corrected chi connectivity index (χ4v) is 24.6. The van der Waals surface area contributed by atoms with E-state index in [9.17, 15) is 39.5 Å². The molecule has 0 saturated carbocycles. The van der Waals surface area contributed by atoms with Gasteiger partial charge in [0.05, 0.1) is 116 Å². The maximum atomic E-state index is 13.7. The molecule has 0 radical (unpaired) electrons. The Balaban J connectivity index is 0.000000119. The summed E-state index contributed by atoms with van der Waals surface area (Å²) in [6.07, 6.45) is 9.95. The summed E-state index contributed by atoms with van der Waals surface area (Å²) in [4.78, 5) is 66.2. The van der Waals surface area contributed by atoms with Gasteiger partial charge in [-0.25, -0.2) is 49.2 Å². The number of halogens is 10. The number of benzene rings is 2. The summed E-state index contributed by atoms with van der Waals surface area (Å²) in [5, 5.41) is 18.2. The number of pyridine rings is 3. The predicted molar refractivity (Wildman–Crippen MR) is 531 cm³/mol. The second-order valence-corrected chi connectivity index (χ2v) is 42.4. The third kappa shape index (κ3) is 22.0. The van der Waals surface area contributed by atoms with Crippen molar-refractivity contribution in [2.24, 2.45) is 43.1 Å². The summed E-state index contributed by atoms with van der Waals surface area (Å²) in [6.45, 7) is 15.9. The van der Waals surface area contributed by atoms with Gasteiger partial charge in [0, 0.05) is 158 Å². The van der Waals surface area contributed by atoms with E-state index in [1.54, 1.807) is 37.5 Å². The molecule has 2 aromatic carbocycles. The first-order chi connectivity index (χ1) is 69.7. The second kappa shape index (κ2) is 43.5. The van der Waals surface area contributed by atoms with Gasteiger partial charge in [0.2, 0.25) is 0 Å². The Kier molecular flexibility index (Phi) is 30.6. The number of anilines is 4. The fourth-order valence-electron chi connectivity index (χ4n) is 21.0. The number of piperidine rings is 4. The molecule has 6 atom stereocenters. The molecule has 144 heavy (non-hydrogen) atoms. The molecule has 11 aromatic rings. The van der Waals surface area contributed by atoms with Crippen molar-refractivity contribution in [1.29, 1.82) is 0 Å². The molecule has 10 saturated heterocycles. The van der Waals surface area contributed by atoms with Crippen molar-refractivity contribution in [2.45, 2.75) is 191 Å². The zero-order chi connectivity index (χ0) is 99.5. The van der Waals surface area contributed by atoms with Crippen molar-refractivity contribution in [3.8, 4) is 11.5 Å². The third-order valence-electron chi connectivity index (χ3n) is 29.6. The Morgan fingerprint density at radius 1 is 0.431 bits per heavy atom. The van der Waals surface area contributed by atoms with Gasteiger partial charge in [-0.15, -0.1) is 0 Å². The molecule has 9 aromatic heterocycles. The lowest BCUT2D eigenvalue weighted by Crippen LogP contribution is -2.51. The Morgan fingerprint density at radius 2 is 0.792 bits per heavy atom. The number of methoxy groups -OCH3 is 2. The number of aromatic nitrogens is 15. The molecule has 33 nitrogen and oxygen atoms in total. The molecule has 0 aliphatic carbocycles. The van der Waals surface area contributed by atoms with Crippen LogP contribution >= 0.6 is 57.9 Å². The Labute approximate surface area is 851 Å². The fraction of sp³-hybridized carbons (Fsp3) is 0.520. The Hall–Kier alpha value is -9.96. The monoisotopic (exact) mass is 2160 g/mol. The summed E-state index contributed by atoms with van der Waals surface area (Å²) >= 11 is 5.00. The number of hydrogen-bond acceptors (Lipinski definition) is 34. The molecule has 0 amide bonds. The summed E-state index contributed by atoms with van der Waals surface area (Å²) in [6, 6.07) is 25.7. The van der Waals surface area contributed by atoms with Crippen LogP contribution in [-0.2, 0) is 73.1 Å². The first-order valence-electron chi connectivity index (χ1n) is 48.5. The maximum Gasteiger partial charge on any atom is 0.434 e. The first-order valence-corrected chi connectivity index (χ1v) is 52.1. The van der Waals surface area contributed by atoms with Gasteiger partial charge in [-0.2, -0.15) is 49.7 Å². The molecular formula is C98H111F9IN25O8S3. The molecule has 5 unspecified atom stereocenters. The molecule has 4 spiro atoms. The van der Waals surface area contributed by atoms with Crippen LogP contribution in [0.5, 0.6) is 11.5 Å². The molecular weight excluding hydrogens is 2050 g/mol. The van der Waals surface area contributed by atoms with E-state index in [1.807, 2.05) is 35.1 Å². The molecule has 46 heteroatoms. The Bertz CT molecular complexity index is 6230. The van der Waals surface area contributed by atoms with Gasteiger partial charge in [0.25, 0.3) is 0 Å². The lowest BCUT2D eigenvalue weighted by atomic mass is 9.74. The predicted octanol–water partition coefficient (Wildman–Crippen LogP) is 15.6. The normalized spacial score (nSPS) is 22.7. The molecule has 764 valence electrons. The number of rotatable bonds is 18. The van der Waals surface area contributed by atoms with Gasteiger partial charge in [-0.1, -0.05) is 59.6 Å². The molecule has 12 aliphatic heterocycles. The molecule has 0 bridgehead atoms. The van der Waals surface area contributed by atoms with Crippen molar-refractivity contribution in [2.75, 3.05) is 152 Å². The van der Waals surface area contributed by atoms with Crippen LogP contribution < -0.4 is 51.2 Å². The van der Waals surface area contributed by atoms with E-state index >= 15 is 0 Å². The zero-order valence-corrected chi connectivity index (χ0v) is 84.0. The maximum absolute atomic E-state index is 13.7. The lowest BCUT2D eigenvalue weighted by molar-refractivity contribution is -0.144. The zero-order valence-electron chi connectivity index (χ0n) is 79.4. The van der Waals surface area contributed by atoms with Crippen LogP contribution in [0.25, 0.3) is 22.3 Å². The van der Waals surface area contributed by atoms with Crippen LogP contribution in [0.3, 0.4) is 0 Å². The highest BCUT2D eigenvalue weighted by molar-refractivity contribution is 14.1. The topological polar surface area (TPSA) is 365 Å². The standard InChI is InChI=1S/C32H36F3N7O3S.C26H33IN6O3.2C20H21F3N6OS/c1-43-22-9-7-21(8-10-22)17-37-24-19-44-20-31(24)11-14-41(15-12-31)25-18-38-27-29(39-25)42(26-6-2-3-16-45-26)40-30(27)46-23-5-4-13-36-28(23)32(33,34)35;1-34-19-7-5-18(6-8-19)14-28-20-16-35-17-26(20)9-11-32(12-10-26)21-15-29-23-24(27)31-33(25(23)30-21)22-4-2-3-13-36-22;2*21-20(22,23)17-13(2-1-5-25-17)31-18-16-12(8-27-18)28-15(9-26-16)29-6-3-19(4-7-29)11-30-10-14(19)24/h4-5,7-10,13,18,24,26,37H,2-3,6,11-12,14-17,19-20H2,1H3;5-8,15,20,22,28H,2-4,9-14,16-17H2,1H3;2*1-2,5,9,14H,3-4,6-8,10-11,24H2/t;;14-;/m..1./s1. The van der Waals surface area contributed by atoms with Crippen molar-refractivity contribution in [3.63, 3.8) is 0 Å². The number of nitrogens with two attached hydrogens (primary N) is 2. The number of hydrogen-bond donors (Lipinski definition) is 4. The minimum absolute atomic E-state index is 0.00364. The van der Waals surface area contributed by atoms with E-state index in [4.69, 9.17) is 89.5 Å². The molecule has 23 rings (SSSR count). The SMILES string of the molecule is COc1ccc(CNC2COCC23CCN(c2cnc4c(I)nn(C5CCCCO5)c4n2)CC3)cc1.COc1ccc(CNC2COCC23CCN(c2cnc4c(Sc5cccnc5C(F)(F)F)nn(C5CCCCO5)c4n2)CC3)cc1.NC1COCC12CCN(c1cnc3c(n1)CN=C3Sc1cccnc1C(F)(F)F)CC2.N[C@@H]1COCC12CCN(c1cnc3c(n1)CN=C3Sc1cccnc1C(F)(F)F)CC2. The number of nitrogens with zero attached hydrogens (tertiary/aromatic N) is 21. The number of fused-ring (bicyclic) bond motifs is 4. The highest BCUT2D eigenvalue weighted by Crippen LogP contribution is 2.49. The molecule has 6 N–H and O–H groups in total. The number of thioether (sulfide) groups is 2. The first kappa shape index (κ1) is 101. The molecule has 10 fully saturated rings. The van der Waals surface area contributed by atoms with Gasteiger partial charge in [0.15, 0.2) is 49.6 Å². The Morgan fingerprint density at radius 3 is 1.17 bits per heavy atom. The third-order valence-corrected chi connectivity index (χ3v) is 33.5. The van der Waals surface area contributed by atoms with E-state index in [0.717, 1.165) is 279 Å². The van der Waals surface area contributed by atoms with Crippen LogP contribution in [-0.4, -0.2) is 241 Å². The smallest absolute Gasteiger partial charge is 0.434 e. The second-order valence-electron chi connectivity index (χ2n) is 38.3. The summed E-state index contributed by atoms with van der Waals surface area (Å²) in [7, 11) is 3.36. The number of aliphatic imine (C=N–C) groups is 2. The molecule has 12 aliphatic rings. The van der Waals surface area contributed by atoms with Crippen LogP contribution in [0, 0.1) is 25.4 Å². The highest BCUT2D eigenvalue weighted by Gasteiger charge is 2.51. The van der Waals surface area contributed by atoms with Gasteiger partial charge >= 0.3 is 18.5 Å². The summed E-state index contributed by atoms with van der Waals surface area (Å²) in [5.41, 5.74) is 17.5. The average Bonchev–Trinajstić information content (AvgIpc) is 1.61. The van der Waals surface area contributed by atoms with E-state index in [-0.39, 0.29) is 66.9 Å². The van der Waals surface area contributed by atoms with Gasteiger partial charge in [-0.05, 0) is 184 Å². The molecule has 21 heterocycles. The van der Waals surface area contributed by atoms with Crippen LogP contribution in [0.2, 0.25) is 0 Å². The minimum Gasteiger partial charge on any atom is -0.497 e.